The summed E-state index contributed by atoms with van der Waals surface area (Å²) >= 11 is 0. The molecule has 10 nitrogen and oxygen atoms in total. The second-order valence-corrected chi connectivity index (χ2v) is 7.57. The molecule has 0 spiro atoms. The first-order valence-corrected chi connectivity index (χ1v) is 10.1. The number of ketones is 1. The monoisotopic (exact) mass is 459 g/mol. The molecule has 0 radical (unpaired) electrons. The van der Waals surface area contributed by atoms with Crippen LogP contribution in [0, 0.1) is 20.2 Å². The van der Waals surface area contributed by atoms with Gasteiger partial charge in [0, 0.05) is 36.4 Å². The van der Waals surface area contributed by atoms with E-state index in [1.807, 2.05) is 0 Å². The highest BCUT2D eigenvalue weighted by Gasteiger charge is 2.46. The second-order valence-electron chi connectivity index (χ2n) is 7.57. The van der Waals surface area contributed by atoms with Gasteiger partial charge in [-0.3, -0.25) is 29.8 Å². The van der Waals surface area contributed by atoms with Crippen LogP contribution in [-0.2, 0) is 16.1 Å². The van der Waals surface area contributed by atoms with Gasteiger partial charge in [0.05, 0.1) is 21.5 Å². The van der Waals surface area contributed by atoms with E-state index in [9.17, 15) is 34.9 Å². The van der Waals surface area contributed by atoms with Gasteiger partial charge in [-0.1, -0.05) is 42.5 Å². The van der Waals surface area contributed by atoms with Crippen molar-refractivity contribution in [3.8, 4) is 0 Å². The number of aliphatic hydroxyl groups excluding tert-OH is 1. The smallest absolute Gasteiger partial charge is 0.295 e. The number of likely N-dealkylation sites (tertiary alicyclic amines) is 1. The Kier molecular flexibility index (Phi) is 5.88. The third-order valence-corrected chi connectivity index (χ3v) is 5.48. The van der Waals surface area contributed by atoms with Crippen molar-refractivity contribution in [1.29, 1.82) is 0 Å². The minimum atomic E-state index is -1.10. The van der Waals surface area contributed by atoms with Crippen LogP contribution in [0.1, 0.15) is 22.7 Å². The Morgan fingerprint density at radius 1 is 0.853 bits per heavy atom. The first-order valence-electron chi connectivity index (χ1n) is 10.1. The van der Waals surface area contributed by atoms with Gasteiger partial charge in [0.25, 0.3) is 23.1 Å². The van der Waals surface area contributed by atoms with Crippen molar-refractivity contribution in [2.75, 3.05) is 0 Å². The normalized spacial score (nSPS) is 17.1. The van der Waals surface area contributed by atoms with Crippen molar-refractivity contribution in [2.45, 2.75) is 12.6 Å². The van der Waals surface area contributed by atoms with Crippen LogP contribution in [-0.4, -0.2) is 31.5 Å². The zero-order valence-electron chi connectivity index (χ0n) is 17.5. The van der Waals surface area contributed by atoms with Gasteiger partial charge in [-0.05, 0) is 23.3 Å². The third kappa shape index (κ3) is 4.11. The molecule has 3 aromatic carbocycles. The van der Waals surface area contributed by atoms with Gasteiger partial charge < -0.3 is 10.0 Å². The number of nitro groups is 2. The molecule has 0 aliphatic carbocycles. The third-order valence-electron chi connectivity index (χ3n) is 5.48. The largest absolute Gasteiger partial charge is 0.507 e. The van der Waals surface area contributed by atoms with Gasteiger partial charge in [-0.2, -0.15) is 0 Å². The fourth-order valence-electron chi connectivity index (χ4n) is 3.87. The van der Waals surface area contributed by atoms with E-state index in [0.717, 1.165) is 17.7 Å². The van der Waals surface area contributed by atoms with Crippen molar-refractivity contribution < 1.29 is 24.5 Å². The fraction of sp³-hybridized carbons (Fsp3) is 0.0833. The molecule has 1 fully saturated rings. The molecule has 1 N–H and O–H groups in total. The van der Waals surface area contributed by atoms with E-state index in [-0.39, 0.29) is 34.6 Å². The lowest BCUT2D eigenvalue weighted by molar-refractivity contribution is -0.385. The Labute approximate surface area is 192 Å². The lowest BCUT2D eigenvalue weighted by Crippen LogP contribution is -2.29. The number of nitro benzene ring substituents is 2. The molecule has 0 bridgehead atoms. The number of non-ortho nitro benzene ring substituents is 2. The standard InChI is InChI=1S/C24H17N3O7/c28-22(16-9-11-18(12-10-16)26(31)32)20-21(17-7-4-8-19(13-17)27(33)34)25(24(30)23(20)29)14-15-5-2-1-3-6-15/h1-13,21,28H,14H2/t21-/m1/s1. The minimum Gasteiger partial charge on any atom is -0.507 e. The van der Waals surface area contributed by atoms with Gasteiger partial charge in [0.15, 0.2) is 0 Å². The molecular formula is C24H17N3O7. The Morgan fingerprint density at radius 3 is 2.12 bits per heavy atom. The molecule has 1 aliphatic heterocycles. The number of nitrogens with zero attached hydrogens (tertiary/aromatic N) is 3. The van der Waals surface area contributed by atoms with E-state index in [0.29, 0.717) is 0 Å². The number of hydrogen-bond acceptors (Lipinski definition) is 7. The summed E-state index contributed by atoms with van der Waals surface area (Å²) in [6.45, 7) is 0.0236. The maximum atomic E-state index is 13.0. The lowest BCUT2D eigenvalue weighted by Gasteiger charge is -2.25. The number of amides is 1. The summed E-state index contributed by atoms with van der Waals surface area (Å²) in [6.07, 6.45) is 0. The van der Waals surface area contributed by atoms with Gasteiger partial charge in [0.1, 0.15) is 5.76 Å². The van der Waals surface area contributed by atoms with E-state index >= 15 is 0 Å². The molecule has 0 saturated carbocycles. The van der Waals surface area contributed by atoms with E-state index in [4.69, 9.17) is 0 Å². The number of Topliss-reactive ketones (excluding diaryl/α,β-unsaturated/α-hetero) is 1. The molecule has 3 aromatic rings. The molecule has 1 aliphatic rings. The summed E-state index contributed by atoms with van der Waals surface area (Å²) in [4.78, 5) is 48.4. The average molecular weight is 459 g/mol. The number of carbonyl (C=O) groups excluding carboxylic acids is 2. The van der Waals surface area contributed by atoms with Gasteiger partial charge in [-0.15, -0.1) is 0 Å². The van der Waals surface area contributed by atoms with E-state index < -0.39 is 33.3 Å². The highest BCUT2D eigenvalue weighted by Crippen LogP contribution is 2.41. The number of hydrogen-bond donors (Lipinski definition) is 1. The van der Waals surface area contributed by atoms with Crippen LogP contribution in [0.15, 0.2) is 84.4 Å². The zero-order valence-corrected chi connectivity index (χ0v) is 17.5. The Balaban J connectivity index is 1.87. The first kappa shape index (κ1) is 22.3. The van der Waals surface area contributed by atoms with Crippen LogP contribution in [0.2, 0.25) is 0 Å². The Bertz CT molecular complexity index is 1330. The van der Waals surface area contributed by atoms with Gasteiger partial charge in [0.2, 0.25) is 0 Å². The molecule has 0 unspecified atom stereocenters. The van der Waals surface area contributed by atoms with Crippen LogP contribution < -0.4 is 0 Å². The predicted octanol–water partition coefficient (Wildman–Crippen LogP) is 4.12. The van der Waals surface area contributed by atoms with E-state index in [1.54, 1.807) is 30.3 Å². The van der Waals surface area contributed by atoms with Gasteiger partial charge in [-0.25, -0.2) is 0 Å². The molecule has 34 heavy (non-hydrogen) atoms. The topological polar surface area (TPSA) is 144 Å². The van der Waals surface area contributed by atoms with Crippen molar-refractivity contribution >= 4 is 28.8 Å². The van der Waals surface area contributed by atoms with E-state index in [2.05, 4.69) is 0 Å². The molecule has 170 valence electrons. The zero-order chi connectivity index (χ0) is 24.4. The van der Waals surface area contributed by atoms with Crippen LogP contribution in [0.4, 0.5) is 11.4 Å². The molecule has 1 atom stereocenters. The highest BCUT2D eigenvalue weighted by molar-refractivity contribution is 6.46. The van der Waals surface area contributed by atoms with Crippen molar-refractivity contribution in [3.63, 3.8) is 0 Å². The maximum Gasteiger partial charge on any atom is 0.295 e. The number of benzene rings is 3. The SMILES string of the molecule is O=C1C(=O)N(Cc2ccccc2)[C@H](c2cccc([N+](=O)[O-])c2)C1=C(O)c1ccc([N+](=O)[O-])cc1. The van der Waals surface area contributed by atoms with Crippen LogP contribution in [0.3, 0.4) is 0 Å². The Morgan fingerprint density at radius 2 is 1.50 bits per heavy atom. The lowest BCUT2D eigenvalue weighted by atomic mass is 9.94. The first-order chi connectivity index (χ1) is 16.3. The summed E-state index contributed by atoms with van der Waals surface area (Å²) in [5.41, 5.74) is 0.381. The molecule has 10 heteroatoms. The molecule has 0 aromatic heterocycles. The van der Waals surface area contributed by atoms with E-state index in [1.165, 1.54) is 41.3 Å². The summed E-state index contributed by atoms with van der Waals surface area (Å²) in [6, 6.07) is 18.1. The van der Waals surface area contributed by atoms with Crippen LogP contribution >= 0.6 is 0 Å². The molecule has 1 amide bonds. The maximum absolute atomic E-state index is 13.0. The van der Waals surface area contributed by atoms with Gasteiger partial charge >= 0.3 is 0 Å². The highest BCUT2D eigenvalue weighted by atomic mass is 16.6. The number of carbonyl (C=O) groups is 2. The van der Waals surface area contributed by atoms with Crippen LogP contribution in [0.25, 0.3) is 5.76 Å². The van der Waals surface area contributed by atoms with Crippen molar-refractivity contribution in [1.82, 2.24) is 4.90 Å². The molecule has 4 rings (SSSR count). The van der Waals surface area contributed by atoms with Crippen molar-refractivity contribution in [3.05, 3.63) is 121 Å². The second kappa shape index (κ2) is 8.94. The Hall–Kier alpha value is -4.86. The summed E-state index contributed by atoms with van der Waals surface area (Å²) in [5.74, 6) is -2.35. The average Bonchev–Trinajstić information content (AvgIpc) is 3.09. The quantitative estimate of drug-likeness (QED) is 0.192. The summed E-state index contributed by atoms with van der Waals surface area (Å²) < 4.78 is 0. The van der Waals surface area contributed by atoms with Crippen LogP contribution in [0.5, 0.6) is 0 Å². The number of rotatable bonds is 6. The molecule has 1 saturated heterocycles. The minimum absolute atomic E-state index is 0.0236. The molecule has 1 heterocycles. The predicted molar refractivity (Wildman–Crippen MR) is 120 cm³/mol. The number of aliphatic hydroxyl groups is 1. The van der Waals surface area contributed by atoms with Crippen molar-refractivity contribution in [2.24, 2.45) is 0 Å². The summed E-state index contributed by atoms with van der Waals surface area (Å²) in [7, 11) is 0. The fourth-order valence-corrected chi connectivity index (χ4v) is 3.87. The molecular weight excluding hydrogens is 442 g/mol. The summed E-state index contributed by atoms with van der Waals surface area (Å²) in [5, 5.41) is 33.3.